The number of carbonyl (C=O) groups is 1. The first-order valence-corrected chi connectivity index (χ1v) is 6.02. The number of hydrogen-bond donors (Lipinski definition) is 0. The van der Waals surface area contributed by atoms with Gasteiger partial charge >= 0.3 is 6.03 Å². The van der Waals surface area contributed by atoms with Crippen LogP contribution in [0.5, 0.6) is 0 Å². The molecular weight excluding hydrogens is 345 g/mol. The van der Waals surface area contributed by atoms with Crippen LogP contribution in [0, 0.1) is 5.92 Å². The number of aromatic nitrogens is 2. The zero-order chi connectivity index (χ0) is 12.3. The van der Waals surface area contributed by atoms with Crippen molar-refractivity contribution in [2.75, 3.05) is 26.8 Å². The zero-order valence-corrected chi connectivity index (χ0v) is 13.0. The number of halogens is 1. The van der Waals surface area contributed by atoms with Gasteiger partial charge in [-0.3, -0.25) is 0 Å². The van der Waals surface area contributed by atoms with E-state index in [0.717, 1.165) is 32.5 Å². The van der Waals surface area contributed by atoms with E-state index < -0.39 is 0 Å². The number of amides is 1. The van der Waals surface area contributed by atoms with E-state index >= 15 is 0 Å². The number of likely N-dealkylation sites (tertiary alicyclic amines) is 1. The van der Waals surface area contributed by atoms with Gasteiger partial charge < -0.3 is 33.6 Å². The molecule has 5 nitrogen and oxygen atoms in total. The van der Waals surface area contributed by atoms with Crippen molar-refractivity contribution in [1.82, 2.24) is 9.47 Å². The van der Waals surface area contributed by atoms with E-state index in [0.29, 0.717) is 5.92 Å². The first-order chi connectivity index (χ1) is 8.20. The maximum Gasteiger partial charge on any atom is 0.415 e. The van der Waals surface area contributed by atoms with Gasteiger partial charge in [0.05, 0.1) is 13.7 Å². The van der Waals surface area contributed by atoms with Crippen molar-refractivity contribution >= 4 is 6.03 Å². The topological polar surface area (TPSA) is 38.4 Å². The van der Waals surface area contributed by atoms with E-state index in [1.54, 1.807) is 24.2 Å². The molecule has 2 heterocycles. The summed E-state index contributed by atoms with van der Waals surface area (Å²) in [5, 5.41) is 0. The van der Waals surface area contributed by atoms with E-state index in [-0.39, 0.29) is 30.0 Å². The minimum absolute atomic E-state index is 0. The van der Waals surface area contributed by atoms with Crippen LogP contribution in [0.2, 0.25) is 0 Å². The highest BCUT2D eigenvalue weighted by Gasteiger charge is 2.27. The first kappa shape index (κ1) is 15.4. The highest BCUT2D eigenvalue weighted by molar-refractivity contribution is 5.76. The van der Waals surface area contributed by atoms with Crippen LogP contribution in [0.15, 0.2) is 18.7 Å². The van der Waals surface area contributed by atoms with Gasteiger partial charge in [-0.15, -0.1) is 0 Å². The SMILES string of the molecule is COCC1CCCN(C(=O)n2cc[n+](C)c2)C1.[I-]. The van der Waals surface area contributed by atoms with Gasteiger partial charge in [-0.1, -0.05) is 0 Å². The standard InChI is InChI=1S/C12H20N3O2.HI/c1-13-6-7-15(10-13)12(16)14-5-3-4-11(8-14)9-17-2;/h6-7,10-11H,3-5,8-9H2,1-2H3;1H/q+1;/p-1. The van der Waals surface area contributed by atoms with E-state index in [4.69, 9.17) is 4.74 Å². The van der Waals surface area contributed by atoms with E-state index in [1.807, 2.05) is 22.7 Å². The molecule has 0 aromatic carbocycles. The Kier molecular flexibility index (Phi) is 6.07. The molecule has 0 N–H and O–H groups in total. The summed E-state index contributed by atoms with van der Waals surface area (Å²) in [7, 11) is 3.63. The third-order valence-corrected chi connectivity index (χ3v) is 3.18. The van der Waals surface area contributed by atoms with Gasteiger partial charge in [0, 0.05) is 26.1 Å². The van der Waals surface area contributed by atoms with Crippen LogP contribution in [-0.4, -0.2) is 42.3 Å². The summed E-state index contributed by atoms with van der Waals surface area (Å²) in [4.78, 5) is 14.1. The van der Waals surface area contributed by atoms with E-state index in [2.05, 4.69) is 0 Å². The number of hydrogen-bond acceptors (Lipinski definition) is 2. The molecule has 18 heavy (non-hydrogen) atoms. The Morgan fingerprint density at radius 3 is 2.94 bits per heavy atom. The lowest BCUT2D eigenvalue weighted by Gasteiger charge is -2.30. The van der Waals surface area contributed by atoms with Crippen LogP contribution in [0.1, 0.15) is 12.8 Å². The second-order valence-corrected chi connectivity index (χ2v) is 4.68. The van der Waals surface area contributed by atoms with Crippen LogP contribution in [-0.2, 0) is 11.8 Å². The molecule has 6 heteroatoms. The minimum Gasteiger partial charge on any atom is -1.00 e. The molecule has 1 aliphatic heterocycles. The number of aryl methyl sites for hydroxylation is 1. The molecule has 1 atom stereocenters. The molecular formula is C12H20IN3O2. The minimum atomic E-state index is 0. The van der Waals surface area contributed by atoms with E-state index in [9.17, 15) is 4.79 Å². The summed E-state index contributed by atoms with van der Waals surface area (Å²) in [6.45, 7) is 2.39. The summed E-state index contributed by atoms with van der Waals surface area (Å²) in [5.74, 6) is 0.474. The molecule has 0 radical (unpaired) electrons. The van der Waals surface area contributed by atoms with Crippen molar-refractivity contribution in [2.45, 2.75) is 12.8 Å². The lowest BCUT2D eigenvalue weighted by molar-refractivity contribution is -0.670. The third kappa shape index (κ3) is 3.68. The maximum atomic E-state index is 12.2. The second kappa shape index (κ2) is 7.08. The molecule has 0 spiro atoms. The average molecular weight is 365 g/mol. The fraction of sp³-hybridized carbons (Fsp3) is 0.667. The van der Waals surface area contributed by atoms with Crippen LogP contribution >= 0.6 is 0 Å². The summed E-state index contributed by atoms with van der Waals surface area (Å²) >= 11 is 0. The Hall–Kier alpha value is -0.630. The van der Waals surface area contributed by atoms with Crippen LogP contribution in [0.25, 0.3) is 0 Å². The maximum absolute atomic E-state index is 12.2. The average Bonchev–Trinajstić information content (AvgIpc) is 2.76. The number of carbonyl (C=O) groups excluding carboxylic acids is 1. The molecule has 1 aromatic rings. The Bertz CT molecular complexity index is 392. The summed E-state index contributed by atoms with van der Waals surface area (Å²) in [6.07, 6.45) is 7.67. The number of methoxy groups -OCH3 is 1. The molecule has 1 aromatic heterocycles. The molecule has 0 aliphatic carbocycles. The molecule has 1 fully saturated rings. The quantitative estimate of drug-likeness (QED) is 0.435. The molecule has 102 valence electrons. The largest absolute Gasteiger partial charge is 1.00 e. The summed E-state index contributed by atoms with van der Waals surface area (Å²) in [6, 6.07) is 0.0615. The molecule has 1 amide bonds. The fourth-order valence-corrected chi connectivity index (χ4v) is 2.34. The Labute approximate surface area is 125 Å². The molecule has 1 saturated heterocycles. The highest BCUT2D eigenvalue weighted by atomic mass is 127. The smallest absolute Gasteiger partial charge is 0.415 e. The zero-order valence-electron chi connectivity index (χ0n) is 10.9. The summed E-state index contributed by atoms with van der Waals surface area (Å²) < 4.78 is 8.67. The lowest BCUT2D eigenvalue weighted by atomic mass is 9.99. The van der Waals surface area contributed by atoms with Gasteiger partial charge in [-0.05, 0) is 12.8 Å². The Morgan fingerprint density at radius 2 is 2.33 bits per heavy atom. The number of rotatable bonds is 2. The lowest BCUT2D eigenvalue weighted by Crippen LogP contribution is -3.00. The van der Waals surface area contributed by atoms with E-state index in [1.165, 1.54) is 0 Å². The molecule has 1 aliphatic rings. The van der Waals surface area contributed by atoms with Gasteiger partial charge in [-0.25, -0.2) is 9.36 Å². The van der Waals surface area contributed by atoms with Crippen molar-refractivity contribution in [1.29, 1.82) is 0 Å². The van der Waals surface area contributed by atoms with Gasteiger partial charge in [0.25, 0.3) is 6.33 Å². The number of piperidine rings is 1. The van der Waals surface area contributed by atoms with Crippen molar-refractivity contribution in [3.8, 4) is 0 Å². The first-order valence-electron chi connectivity index (χ1n) is 6.02. The molecule has 2 rings (SSSR count). The summed E-state index contributed by atoms with van der Waals surface area (Å²) in [5.41, 5.74) is 0. The predicted octanol–water partition coefficient (Wildman–Crippen LogP) is -2.36. The van der Waals surface area contributed by atoms with Crippen molar-refractivity contribution in [3.05, 3.63) is 18.7 Å². The third-order valence-electron chi connectivity index (χ3n) is 3.18. The number of imidazole rings is 1. The molecule has 1 unspecified atom stereocenters. The van der Waals surface area contributed by atoms with Crippen molar-refractivity contribution in [2.24, 2.45) is 13.0 Å². The normalized spacial score (nSPS) is 19.4. The highest BCUT2D eigenvalue weighted by Crippen LogP contribution is 2.17. The van der Waals surface area contributed by atoms with Gasteiger partial charge in [0.1, 0.15) is 12.4 Å². The molecule has 0 saturated carbocycles. The second-order valence-electron chi connectivity index (χ2n) is 4.68. The Morgan fingerprint density at radius 1 is 1.56 bits per heavy atom. The van der Waals surface area contributed by atoms with Crippen molar-refractivity contribution < 1.29 is 38.1 Å². The fourth-order valence-electron chi connectivity index (χ4n) is 2.34. The predicted molar refractivity (Wildman–Crippen MR) is 62.6 cm³/mol. The van der Waals surface area contributed by atoms with Crippen molar-refractivity contribution in [3.63, 3.8) is 0 Å². The van der Waals surface area contributed by atoms with Gasteiger partial charge in [-0.2, -0.15) is 4.57 Å². The van der Waals surface area contributed by atoms with Crippen LogP contribution in [0.3, 0.4) is 0 Å². The van der Waals surface area contributed by atoms with Gasteiger partial charge in [0.2, 0.25) is 0 Å². The van der Waals surface area contributed by atoms with Crippen LogP contribution in [0.4, 0.5) is 4.79 Å². The van der Waals surface area contributed by atoms with Crippen LogP contribution < -0.4 is 28.5 Å². The number of ether oxygens (including phenoxy) is 1. The number of nitrogens with zero attached hydrogens (tertiary/aromatic N) is 3. The molecule has 0 bridgehead atoms. The monoisotopic (exact) mass is 365 g/mol. The Balaban J connectivity index is 0.00000162. The van der Waals surface area contributed by atoms with Gasteiger partial charge in [0.15, 0.2) is 0 Å².